The van der Waals surface area contributed by atoms with Crippen LogP contribution < -0.4 is 4.74 Å². The molecular formula is C22H18FNO5. The normalized spacial score (nSPS) is 14.4. The number of halogens is 1. The smallest absolute Gasteiger partial charge is 0.338 e. The Morgan fingerprint density at radius 1 is 1.21 bits per heavy atom. The molecule has 0 aliphatic heterocycles. The molecule has 1 unspecified atom stereocenters. The van der Waals surface area contributed by atoms with Gasteiger partial charge >= 0.3 is 5.97 Å². The standard InChI is InChI=1S/C22H18FNO5/c1-12(29-16-7-4-14(5-8-16)20(25)13-2-3-13)19-11-28-21(24-19)15-6-9-17(22(26)27)18(23)10-15/h4-13H,2-3H2,1H3,(H,26,27). The highest BCUT2D eigenvalue weighted by Crippen LogP contribution is 2.33. The summed E-state index contributed by atoms with van der Waals surface area (Å²) < 4.78 is 25.1. The number of rotatable bonds is 7. The number of Topliss-reactive ketones (excluding diaryl/α,β-unsaturated/α-hetero) is 1. The van der Waals surface area contributed by atoms with Crippen molar-refractivity contribution in [1.82, 2.24) is 4.98 Å². The summed E-state index contributed by atoms with van der Waals surface area (Å²) in [6, 6.07) is 10.7. The van der Waals surface area contributed by atoms with Gasteiger partial charge in [0.1, 0.15) is 29.6 Å². The van der Waals surface area contributed by atoms with Gasteiger partial charge in [-0.05, 0) is 62.2 Å². The van der Waals surface area contributed by atoms with Gasteiger partial charge in [0.2, 0.25) is 5.89 Å². The first kappa shape index (κ1) is 18.9. The second-order valence-electron chi connectivity index (χ2n) is 7.00. The molecule has 0 spiro atoms. The van der Waals surface area contributed by atoms with Crippen LogP contribution in [0.15, 0.2) is 53.1 Å². The van der Waals surface area contributed by atoms with E-state index in [4.69, 9.17) is 14.3 Å². The number of carbonyl (C=O) groups is 2. The van der Waals surface area contributed by atoms with Crippen LogP contribution in [0.3, 0.4) is 0 Å². The summed E-state index contributed by atoms with van der Waals surface area (Å²) in [6.45, 7) is 1.79. The quantitative estimate of drug-likeness (QED) is 0.572. The SMILES string of the molecule is CC(Oc1ccc(C(=O)C2CC2)cc1)c1coc(-c2ccc(C(=O)O)c(F)c2)n1. The molecule has 3 aromatic rings. The van der Waals surface area contributed by atoms with E-state index >= 15 is 0 Å². The Kier molecular flexibility index (Phi) is 4.88. The van der Waals surface area contributed by atoms with Gasteiger partial charge in [0.05, 0.1) is 5.56 Å². The van der Waals surface area contributed by atoms with E-state index in [1.54, 1.807) is 31.2 Å². The minimum atomic E-state index is -1.34. The number of hydrogen-bond donors (Lipinski definition) is 1. The third-order valence-corrected chi connectivity index (χ3v) is 4.78. The molecule has 148 valence electrons. The molecule has 1 atom stereocenters. The van der Waals surface area contributed by atoms with Crippen molar-refractivity contribution in [3.63, 3.8) is 0 Å². The lowest BCUT2D eigenvalue weighted by Crippen LogP contribution is -2.05. The maximum absolute atomic E-state index is 13.9. The molecule has 1 aliphatic rings. The predicted octanol–water partition coefficient (Wildman–Crippen LogP) is 4.91. The van der Waals surface area contributed by atoms with Crippen LogP contribution in [-0.4, -0.2) is 21.8 Å². The summed E-state index contributed by atoms with van der Waals surface area (Å²) in [5, 5.41) is 8.91. The van der Waals surface area contributed by atoms with E-state index in [0.29, 0.717) is 22.6 Å². The van der Waals surface area contributed by atoms with Gasteiger partial charge in [-0.2, -0.15) is 0 Å². The molecule has 0 radical (unpaired) electrons. The fourth-order valence-corrected chi connectivity index (χ4v) is 2.97. The molecule has 1 saturated carbocycles. The Morgan fingerprint density at radius 3 is 2.55 bits per heavy atom. The highest BCUT2D eigenvalue weighted by molar-refractivity contribution is 5.99. The van der Waals surface area contributed by atoms with E-state index < -0.39 is 23.5 Å². The van der Waals surface area contributed by atoms with Crippen molar-refractivity contribution in [1.29, 1.82) is 0 Å². The molecule has 1 fully saturated rings. The largest absolute Gasteiger partial charge is 0.484 e. The molecular weight excluding hydrogens is 377 g/mol. The molecule has 1 heterocycles. The van der Waals surface area contributed by atoms with Crippen LogP contribution >= 0.6 is 0 Å². The molecule has 4 rings (SSSR count). The Labute approximate surface area is 166 Å². The molecule has 2 aromatic carbocycles. The van der Waals surface area contributed by atoms with Gasteiger partial charge in [0.15, 0.2) is 5.78 Å². The lowest BCUT2D eigenvalue weighted by molar-refractivity contribution is 0.0691. The summed E-state index contributed by atoms with van der Waals surface area (Å²) in [6.07, 6.45) is 2.89. The van der Waals surface area contributed by atoms with Gasteiger partial charge in [0.25, 0.3) is 0 Å². The first-order valence-electron chi connectivity index (χ1n) is 9.22. The fraction of sp³-hybridized carbons (Fsp3) is 0.227. The molecule has 0 bridgehead atoms. The first-order chi connectivity index (χ1) is 13.9. The van der Waals surface area contributed by atoms with E-state index in [1.165, 1.54) is 18.4 Å². The number of carboxylic acids is 1. The first-order valence-corrected chi connectivity index (χ1v) is 9.22. The van der Waals surface area contributed by atoms with Gasteiger partial charge in [-0.15, -0.1) is 0 Å². The fourth-order valence-electron chi connectivity index (χ4n) is 2.97. The number of carboxylic acid groups (broad SMARTS) is 1. The van der Waals surface area contributed by atoms with Crippen molar-refractivity contribution in [2.75, 3.05) is 0 Å². The van der Waals surface area contributed by atoms with E-state index in [2.05, 4.69) is 4.98 Å². The van der Waals surface area contributed by atoms with Crippen molar-refractivity contribution in [2.24, 2.45) is 5.92 Å². The van der Waals surface area contributed by atoms with Gasteiger partial charge in [0, 0.05) is 17.0 Å². The summed E-state index contributed by atoms with van der Waals surface area (Å²) >= 11 is 0. The van der Waals surface area contributed by atoms with Crippen LogP contribution in [0, 0.1) is 11.7 Å². The minimum absolute atomic E-state index is 0.164. The molecule has 1 aromatic heterocycles. The van der Waals surface area contributed by atoms with E-state index in [9.17, 15) is 14.0 Å². The number of hydrogen-bond acceptors (Lipinski definition) is 5. The number of aromatic nitrogens is 1. The lowest BCUT2D eigenvalue weighted by Gasteiger charge is -2.12. The molecule has 1 aliphatic carbocycles. The van der Waals surface area contributed by atoms with Crippen molar-refractivity contribution in [3.8, 4) is 17.2 Å². The summed E-state index contributed by atoms with van der Waals surface area (Å²) in [7, 11) is 0. The number of oxazole rings is 1. The number of benzene rings is 2. The average molecular weight is 395 g/mol. The molecule has 6 nitrogen and oxygen atoms in total. The summed E-state index contributed by atoms with van der Waals surface area (Å²) in [5.41, 5.74) is 1.10. The van der Waals surface area contributed by atoms with Crippen LogP contribution in [0.4, 0.5) is 4.39 Å². The molecule has 29 heavy (non-hydrogen) atoms. The van der Waals surface area contributed by atoms with Crippen molar-refractivity contribution in [3.05, 3.63) is 71.4 Å². The van der Waals surface area contributed by atoms with Gasteiger partial charge in [-0.1, -0.05) is 0 Å². The molecule has 1 N–H and O–H groups in total. The highest BCUT2D eigenvalue weighted by Gasteiger charge is 2.30. The van der Waals surface area contributed by atoms with Crippen LogP contribution in [0.5, 0.6) is 5.75 Å². The van der Waals surface area contributed by atoms with E-state index in [-0.39, 0.29) is 17.6 Å². The monoisotopic (exact) mass is 395 g/mol. The Hall–Kier alpha value is -3.48. The number of ketones is 1. The van der Waals surface area contributed by atoms with Crippen molar-refractivity contribution in [2.45, 2.75) is 25.9 Å². The summed E-state index contributed by atoms with van der Waals surface area (Å²) in [4.78, 5) is 27.3. The highest BCUT2D eigenvalue weighted by atomic mass is 19.1. The zero-order valence-electron chi connectivity index (χ0n) is 15.6. The maximum Gasteiger partial charge on any atom is 0.338 e. The van der Waals surface area contributed by atoms with Crippen molar-refractivity contribution < 1.29 is 28.2 Å². The van der Waals surface area contributed by atoms with Gasteiger partial charge in [-0.3, -0.25) is 4.79 Å². The zero-order valence-corrected chi connectivity index (χ0v) is 15.6. The average Bonchev–Trinajstić information content (AvgIpc) is 3.43. The van der Waals surface area contributed by atoms with Crippen LogP contribution in [0.1, 0.15) is 52.3 Å². The van der Waals surface area contributed by atoms with Crippen molar-refractivity contribution >= 4 is 11.8 Å². The van der Waals surface area contributed by atoms with Crippen LogP contribution in [-0.2, 0) is 0 Å². The lowest BCUT2D eigenvalue weighted by atomic mass is 10.1. The molecule has 7 heteroatoms. The van der Waals surface area contributed by atoms with Gasteiger partial charge < -0.3 is 14.3 Å². The van der Waals surface area contributed by atoms with Gasteiger partial charge in [-0.25, -0.2) is 14.2 Å². The number of ether oxygens (including phenoxy) is 1. The predicted molar refractivity (Wildman–Crippen MR) is 101 cm³/mol. The zero-order chi connectivity index (χ0) is 20.5. The number of carbonyl (C=O) groups excluding carboxylic acids is 1. The second-order valence-corrected chi connectivity index (χ2v) is 7.00. The third-order valence-electron chi connectivity index (χ3n) is 4.78. The minimum Gasteiger partial charge on any atom is -0.484 e. The Bertz CT molecular complexity index is 1070. The van der Waals surface area contributed by atoms with Crippen LogP contribution in [0.2, 0.25) is 0 Å². The van der Waals surface area contributed by atoms with E-state index in [1.807, 2.05) is 0 Å². The molecule has 0 saturated heterocycles. The Morgan fingerprint density at radius 2 is 1.93 bits per heavy atom. The topological polar surface area (TPSA) is 89.6 Å². The van der Waals surface area contributed by atoms with E-state index in [0.717, 1.165) is 18.9 Å². The Balaban J connectivity index is 1.45. The number of aromatic carboxylic acids is 1. The molecule has 0 amide bonds. The third kappa shape index (κ3) is 4.03. The maximum atomic E-state index is 13.9. The summed E-state index contributed by atoms with van der Waals surface area (Å²) in [5.74, 6) is -1.10. The second kappa shape index (κ2) is 7.50. The van der Waals surface area contributed by atoms with Crippen LogP contribution in [0.25, 0.3) is 11.5 Å². The number of nitrogens with zero attached hydrogens (tertiary/aromatic N) is 1.